The highest BCUT2D eigenvalue weighted by molar-refractivity contribution is 6.49. The van der Waals surface area contributed by atoms with Gasteiger partial charge in [0, 0.05) is 5.56 Å². The lowest BCUT2D eigenvalue weighted by molar-refractivity contribution is -0.137. The van der Waals surface area contributed by atoms with Gasteiger partial charge in [0.2, 0.25) is 0 Å². The molecule has 25 heavy (non-hydrogen) atoms. The largest absolute Gasteiger partial charge is 0.493 e. The van der Waals surface area contributed by atoms with Crippen molar-refractivity contribution in [3.8, 4) is 5.75 Å². The van der Waals surface area contributed by atoms with Gasteiger partial charge in [-0.3, -0.25) is 9.59 Å². The standard InChI is InChI=1S/C18H13Cl3O4/c19-14-6-5-13(17(20)18(14)21)15(22)7-4-11-2-1-3-12(10-11)25-9-8-16(23)24/h1-7,10H,8-9H2,(H,23,24). The van der Waals surface area contributed by atoms with Gasteiger partial charge in [-0.15, -0.1) is 0 Å². The summed E-state index contributed by atoms with van der Waals surface area (Å²) in [6, 6.07) is 9.94. The van der Waals surface area contributed by atoms with Crippen molar-refractivity contribution in [1.29, 1.82) is 0 Å². The van der Waals surface area contributed by atoms with Crippen LogP contribution in [0.3, 0.4) is 0 Å². The molecule has 130 valence electrons. The molecule has 2 aromatic carbocycles. The van der Waals surface area contributed by atoms with Gasteiger partial charge in [0.25, 0.3) is 0 Å². The van der Waals surface area contributed by atoms with Gasteiger partial charge in [-0.2, -0.15) is 0 Å². The van der Waals surface area contributed by atoms with Crippen LogP contribution in [0.1, 0.15) is 22.3 Å². The summed E-state index contributed by atoms with van der Waals surface area (Å²) in [4.78, 5) is 22.7. The number of hydrogen-bond donors (Lipinski definition) is 1. The van der Waals surface area contributed by atoms with E-state index in [1.54, 1.807) is 30.3 Å². The molecule has 0 heterocycles. The van der Waals surface area contributed by atoms with Crippen molar-refractivity contribution >= 4 is 52.6 Å². The zero-order chi connectivity index (χ0) is 18.4. The van der Waals surface area contributed by atoms with Crippen molar-refractivity contribution < 1.29 is 19.4 Å². The Balaban J connectivity index is 2.10. The third kappa shape index (κ3) is 5.49. The monoisotopic (exact) mass is 398 g/mol. The van der Waals surface area contributed by atoms with Gasteiger partial charge in [-0.1, -0.05) is 53.0 Å². The molecular formula is C18H13Cl3O4. The van der Waals surface area contributed by atoms with E-state index in [2.05, 4.69) is 0 Å². The van der Waals surface area contributed by atoms with Crippen LogP contribution in [0.4, 0.5) is 0 Å². The zero-order valence-corrected chi connectivity index (χ0v) is 15.1. The molecule has 2 aromatic rings. The van der Waals surface area contributed by atoms with E-state index in [0.717, 1.165) is 5.56 Å². The third-order valence-corrected chi connectivity index (χ3v) is 4.46. The third-order valence-electron chi connectivity index (χ3n) is 3.17. The number of halogens is 3. The molecule has 4 nitrogen and oxygen atoms in total. The minimum Gasteiger partial charge on any atom is -0.493 e. The highest BCUT2D eigenvalue weighted by Gasteiger charge is 2.13. The summed E-state index contributed by atoms with van der Waals surface area (Å²) < 4.78 is 5.34. The average molecular weight is 400 g/mol. The summed E-state index contributed by atoms with van der Waals surface area (Å²) in [6.07, 6.45) is 2.88. The number of carbonyl (C=O) groups excluding carboxylic acids is 1. The molecular weight excluding hydrogens is 387 g/mol. The van der Waals surface area contributed by atoms with Gasteiger partial charge in [0.15, 0.2) is 5.78 Å². The van der Waals surface area contributed by atoms with Crippen LogP contribution < -0.4 is 4.74 Å². The molecule has 0 aromatic heterocycles. The highest BCUT2D eigenvalue weighted by atomic mass is 35.5. The predicted octanol–water partition coefficient (Wildman–Crippen LogP) is 5.40. The molecule has 0 spiro atoms. The fourth-order valence-electron chi connectivity index (χ4n) is 1.94. The number of rotatable bonds is 7. The maximum Gasteiger partial charge on any atom is 0.306 e. The number of allylic oxidation sites excluding steroid dienone is 1. The number of ether oxygens (including phenoxy) is 1. The van der Waals surface area contributed by atoms with Crippen LogP contribution in [0.2, 0.25) is 15.1 Å². The second-order valence-electron chi connectivity index (χ2n) is 4.99. The van der Waals surface area contributed by atoms with Crippen LogP contribution in [0.25, 0.3) is 6.08 Å². The van der Waals surface area contributed by atoms with E-state index >= 15 is 0 Å². The SMILES string of the molecule is O=C(O)CCOc1cccc(C=CC(=O)c2ccc(Cl)c(Cl)c2Cl)c1. The van der Waals surface area contributed by atoms with Crippen LogP contribution in [0.15, 0.2) is 42.5 Å². The predicted molar refractivity (Wildman–Crippen MR) is 99.0 cm³/mol. The number of aliphatic carboxylic acids is 1. The molecule has 0 bridgehead atoms. The zero-order valence-electron chi connectivity index (χ0n) is 12.8. The minimum atomic E-state index is -0.930. The smallest absolute Gasteiger partial charge is 0.306 e. The fraction of sp³-hybridized carbons (Fsp3) is 0.111. The molecule has 1 N–H and O–H groups in total. The first-order valence-electron chi connectivity index (χ1n) is 7.19. The summed E-state index contributed by atoms with van der Waals surface area (Å²) >= 11 is 17.8. The number of carboxylic acids is 1. The number of ketones is 1. The molecule has 0 fully saturated rings. The van der Waals surface area contributed by atoms with Crippen LogP contribution in [-0.2, 0) is 4.79 Å². The first-order chi connectivity index (χ1) is 11.9. The Morgan fingerprint density at radius 2 is 1.84 bits per heavy atom. The van der Waals surface area contributed by atoms with E-state index in [1.807, 2.05) is 0 Å². The second kappa shape index (κ2) is 8.90. The Bertz CT molecular complexity index is 831. The normalized spacial score (nSPS) is 10.8. The Labute approximate surface area is 159 Å². The molecule has 0 unspecified atom stereocenters. The van der Waals surface area contributed by atoms with E-state index in [1.165, 1.54) is 18.2 Å². The Kier molecular flexibility index (Phi) is 6.88. The van der Waals surface area contributed by atoms with Crippen molar-refractivity contribution in [1.82, 2.24) is 0 Å². The number of carbonyl (C=O) groups is 2. The maximum atomic E-state index is 12.3. The van der Waals surface area contributed by atoms with E-state index in [0.29, 0.717) is 5.75 Å². The molecule has 0 radical (unpaired) electrons. The molecule has 0 aliphatic carbocycles. The lowest BCUT2D eigenvalue weighted by atomic mass is 10.1. The second-order valence-corrected chi connectivity index (χ2v) is 6.15. The number of carboxylic acid groups (broad SMARTS) is 1. The Morgan fingerprint density at radius 1 is 1.08 bits per heavy atom. The highest BCUT2D eigenvalue weighted by Crippen LogP contribution is 2.33. The quantitative estimate of drug-likeness (QED) is 0.385. The minimum absolute atomic E-state index is 0.0698. The number of benzene rings is 2. The van der Waals surface area contributed by atoms with Crippen LogP contribution >= 0.6 is 34.8 Å². The van der Waals surface area contributed by atoms with Crippen molar-refractivity contribution in [3.63, 3.8) is 0 Å². The summed E-state index contributed by atoms with van der Waals surface area (Å²) in [5.41, 5.74) is 0.971. The lowest BCUT2D eigenvalue weighted by Crippen LogP contribution is -2.04. The molecule has 0 saturated carbocycles. The van der Waals surface area contributed by atoms with Gasteiger partial charge in [-0.25, -0.2) is 0 Å². The Hall–Kier alpha value is -2.01. The van der Waals surface area contributed by atoms with Crippen molar-refractivity contribution in [3.05, 3.63) is 68.7 Å². The van der Waals surface area contributed by atoms with E-state index in [4.69, 9.17) is 44.6 Å². The first-order valence-corrected chi connectivity index (χ1v) is 8.32. The summed E-state index contributed by atoms with van der Waals surface area (Å²) in [5, 5.41) is 9.12. The topological polar surface area (TPSA) is 63.6 Å². The summed E-state index contributed by atoms with van der Waals surface area (Å²) in [5.74, 6) is -0.732. The molecule has 0 aliphatic heterocycles. The molecule has 7 heteroatoms. The molecule has 0 aliphatic rings. The van der Waals surface area contributed by atoms with Gasteiger partial charge in [0.1, 0.15) is 5.75 Å². The van der Waals surface area contributed by atoms with E-state index in [-0.39, 0.29) is 39.4 Å². The summed E-state index contributed by atoms with van der Waals surface area (Å²) in [7, 11) is 0. The molecule has 0 amide bonds. The number of hydrogen-bond acceptors (Lipinski definition) is 3. The maximum absolute atomic E-state index is 12.3. The van der Waals surface area contributed by atoms with Gasteiger partial charge in [-0.05, 0) is 35.9 Å². The van der Waals surface area contributed by atoms with Crippen LogP contribution in [0, 0.1) is 0 Å². The Morgan fingerprint density at radius 3 is 2.56 bits per heavy atom. The van der Waals surface area contributed by atoms with Crippen molar-refractivity contribution in [2.75, 3.05) is 6.61 Å². The molecule has 2 rings (SSSR count). The molecule has 0 atom stereocenters. The van der Waals surface area contributed by atoms with Crippen molar-refractivity contribution in [2.24, 2.45) is 0 Å². The first kappa shape index (κ1) is 19.3. The van der Waals surface area contributed by atoms with Gasteiger partial charge in [0.05, 0.1) is 28.1 Å². The fourth-order valence-corrected chi connectivity index (χ4v) is 2.57. The van der Waals surface area contributed by atoms with Crippen LogP contribution in [-0.4, -0.2) is 23.5 Å². The average Bonchev–Trinajstić information content (AvgIpc) is 2.58. The van der Waals surface area contributed by atoms with Crippen molar-refractivity contribution in [2.45, 2.75) is 6.42 Å². The van der Waals surface area contributed by atoms with E-state index < -0.39 is 5.97 Å². The lowest BCUT2D eigenvalue weighted by Gasteiger charge is -2.05. The van der Waals surface area contributed by atoms with Crippen LogP contribution in [0.5, 0.6) is 5.75 Å². The molecule has 0 saturated heterocycles. The van der Waals surface area contributed by atoms with Gasteiger partial charge < -0.3 is 9.84 Å². The van der Waals surface area contributed by atoms with Gasteiger partial charge >= 0.3 is 5.97 Å². The summed E-state index contributed by atoms with van der Waals surface area (Å²) in [6.45, 7) is 0.0698. The van der Waals surface area contributed by atoms with E-state index in [9.17, 15) is 9.59 Å².